The minimum Gasteiger partial charge on any atom is -0.399 e. The average molecular weight is 244 g/mol. The van der Waals surface area contributed by atoms with E-state index < -0.39 is 0 Å². The summed E-state index contributed by atoms with van der Waals surface area (Å²) in [6, 6.07) is 0. The summed E-state index contributed by atoms with van der Waals surface area (Å²) < 4.78 is 0. The van der Waals surface area contributed by atoms with Gasteiger partial charge in [0.2, 0.25) is 0 Å². The number of hydrogen-bond acceptors (Lipinski definition) is 4. The van der Waals surface area contributed by atoms with E-state index in [4.69, 9.17) is 17.0 Å². The highest BCUT2D eigenvalue weighted by molar-refractivity contribution is 5.95. The largest absolute Gasteiger partial charge is 0.399 e. The van der Waals surface area contributed by atoms with Crippen LogP contribution in [-0.2, 0) is 0 Å². The van der Waals surface area contributed by atoms with Crippen molar-refractivity contribution < 1.29 is 0 Å². The minimum atomic E-state index is 0.635. The van der Waals surface area contributed by atoms with Crippen molar-refractivity contribution >= 4 is 5.71 Å². The molecule has 5 N–H and O–H groups in total. The molecule has 0 bridgehead atoms. The van der Waals surface area contributed by atoms with E-state index in [1.54, 1.807) is 5.01 Å². The van der Waals surface area contributed by atoms with E-state index in [1.165, 1.54) is 5.57 Å². The standard InChI is InChI=1S/C14H20N4/c1-2-3-11(15)8-13-7-5-10-4-6-12(16)9-14(10)18(13)17/h3,5,8-9,16H,2,4,6-7,15,17H2,1H3/b11-3+,13-8+,16-12?. The lowest BCUT2D eigenvalue weighted by atomic mass is 9.92. The number of hydrazine groups is 1. The Labute approximate surface area is 108 Å². The van der Waals surface area contributed by atoms with E-state index in [0.717, 1.165) is 42.8 Å². The number of fused-ring (bicyclic) bond motifs is 1. The molecule has 4 nitrogen and oxygen atoms in total. The second kappa shape index (κ2) is 5.23. The van der Waals surface area contributed by atoms with Crippen LogP contribution in [0.15, 0.2) is 47.0 Å². The van der Waals surface area contributed by atoms with Gasteiger partial charge in [-0.05, 0) is 37.0 Å². The van der Waals surface area contributed by atoms with Crippen LogP contribution < -0.4 is 11.6 Å². The smallest absolute Gasteiger partial charge is 0.0618 e. The monoisotopic (exact) mass is 244 g/mol. The molecule has 1 aliphatic heterocycles. The SMILES string of the molecule is CC/C=C(N)\C=C1/CC=C2CCC(=N)C=C2N1N. The molecule has 0 saturated heterocycles. The van der Waals surface area contributed by atoms with Gasteiger partial charge in [0.25, 0.3) is 0 Å². The van der Waals surface area contributed by atoms with Crippen molar-refractivity contribution in [3.8, 4) is 0 Å². The molecule has 0 atom stereocenters. The third kappa shape index (κ3) is 2.54. The van der Waals surface area contributed by atoms with Gasteiger partial charge in [0, 0.05) is 23.5 Å². The van der Waals surface area contributed by atoms with Crippen LogP contribution in [0.4, 0.5) is 0 Å². The van der Waals surface area contributed by atoms with E-state index in [2.05, 4.69) is 13.0 Å². The maximum absolute atomic E-state index is 7.73. The Morgan fingerprint density at radius 1 is 1.50 bits per heavy atom. The van der Waals surface area contributed by atoms with E-state index in [1.807, 2.05) is 18.2 Å². The molecule has 1 aliphatic carbocycles. The molecule has 18 heavy (non-hydrogen) atoms. The van der Waals surface area contributed by atoms with Gasteiger partial charge in [0.15, 0.2) is 0 Å². The van der Waals surface area contributed by atoms with Crippen LogP contribution >= 0.6 is 0 Å². The molecule has 0 aromatic heterocycles. The third-order valence-electron chi connectivity index (χ3n) is 3.20. The fourth-order valence-corrected chi connectivity index (χ4v) is 2.25. The molecule has 0 aromatic carbocycles. The zero-order valence-electron chi connectivity index (χ0n) is 10.7. The van der Waals surface area contributed by atoms with Crippen molar-refractivity contribution in [1.82, 2.24) is 5.01 Å². The summed E-state index contributed by atoms with van der Waals surface area (Å²) in [5.74, 6) is 6.12. The van der Waals surface area contributed by atoms with Crippen LogP contribution in [0, 0.1) is 5.41 Å². The first kappa shape index (κ1) is 12.6. The van der Waals surface area contributed by atoms with Gasteiger partial charge in [-0.2, -0.15) is 0 Å². The Bertz CT molecular complexity index is 480. The second-order valence-electron chi connectivity index (χ2n) is 4.61. The van der Waals surface area contributed by atoms with Crippen molar-refractivity contribution in [3.63, 3.8) is 0 Å². The highest BCUT2D eigenvalue weighted by Gasteiger charge is 2.23. The lowest BCUT2D eigenvalue weighted by Crippen LogP contribution is -2.34. The van der Waals surface area contributed by atoms with Crippen molar-refractivity contribution in [2.45, 2.75) is 32.6 Å². The Morgan fingerprint density at radius 2 is 2.28 bits per heavy atom. The molecule has 4 heteroatoms. The molecule has 0 fully saturated rings. The van der Waals surface area contributed by atoms with Gasteiger partial charge in [0.05, 0.1) is 5.70 Å². The quantitative estimate of drug-likeness (QED) is 0.652. The maximum atomic E-state index is 7.73. The lowest BCUT2D eigenvalue weighted by Gasteiger charge is -2.32. The molecule has 2 rings (SSSR count). The summed E-state index contributed by atoms with van der Waals surface area (Å²) in [5.41, 5.74) is 10.4. The van der Waals surface area contributed by atoms with Crippen LogP contribution in [-0.4, -0.2) is 10.7 Å². The molecule has 0 unspecified atom stereocenters. The summed E-state index contributed by atoms with van der Waals surface area (Å²) in [6.45, 7) is 2.05. The number of rotatable bonds is 2. The van der Waals surface area contributed by atoms with Crippen molar-refractivity contribution in [3.05, 3.63) is 47.0 Å². The molecular weight excluding hydrogens is 224 g/mol. The van der Waals surface area contributed by atoms with Crippen LogP contribution in [0.5, 0.6) is 0 Å². The zero-order valence-corrected chi connectivity index (χ0v) is 10.7. The van der Waals surface area contributed by atoms with Crippen LogP contribution in [0.25, 0.3) is 0 Å². The lowest BCUT2D eigenvalue weighted by molar-refractivity contribution is 0.431. The fourth-order valence-electron chi connectivity index (χ4n) is 2.25. The van der Waals surface area contributed by atoms with Crippen molar-refractivity contribution in [2.75, 3.05) is 0 Å². The van der Waals surface area contributed by atoms with Crippen LogP contribution in [0.3, 0.4) is 0 Å². The zero-order chi connectivity index (χ0) is 13.1. The van der Waals surface area contributed by atoms with Gasteiger partial charge in [-0.1, -0.05) is 19.1 Å². The number of nitrogens with two attached hydrogens (primary N) is 2. The van der Waals surface area contributed by atoms with Crippen molar-refractivity contribution in [2.24, 2.45) is 11.6 Å². The molecule has 1 heterocycles. The van der Waals surface area contributed by atoms with E-state index in [9.17, 15) is 0 Å². The molecule has 2 aliphatic rings. The van der Waals surface area contributed by atoms with Crippen LogP contribution in [0.2, 0.25) is 0 Å². The van der Waals surface area contributed by atoms with Gasteiger partial charge in [-0.25, -0.2) is 5.84 Å². The number of nitrogens with one attached hydrogen (secondary N) is 1. The fraction of sp³-hybridized carbons (Fsp3) is 0.357. The first-order valence-corrected chi connectivity index (χ1v) is 6.31. The van der Waals surface area contributed by atoms with Crippen LogP contribution in [0.1, 0.15) is 32.6 Å². The number of nitrogens with zero attached hydrogens (tertiary/aromatic N) is 1. The molecule has 0 amide bonds. The first-order chi connectivity index (χ1) is 8.61. The van der Waals surface area contributed by atoms with E-state index >= 15 is 0 Å². The highest BCUT2D eigenvalue weighted by Crippen LogP contribution is 2.32. The first-order valence-electron chi connectivity index (χ1n) is 6.31. The summed E-state index contributed by atoms with van der Waals surface area (Å²) >= 11 is 0. The highest BCUT2D eigenvalue weighted by atomic mass is 15.4. The molecule has 0 aromatic rings. The summed E-state index contributed by atoms with van der Waals surface area (Å²) in [7, 11) is 0. The van der Waals surface area contributed by atoms with Crippen molar-refractivity contribution in [1.29, 1.82) is 5.41 Å². The van der Waals surface area contributed by atoms with Gasteiger partial charge in [0.1, 0.15) is 0 Å². The number of allylic oxidation sites excluding steroid dienone is 5. The van der Waals surface area contributed by atoms with Gasteiger partial charge < -0.3 is 11.1 Å². The molecule has 0 spiro atoms. The van der Waals surface area contributed by atoms with E-state index in [-0.39, 0.29) is 0 Å². The molecular formula is C14H20N4. The molecule has 0 radical (unpaired) electrons. The Kier molecular flexibility index (Phi) is 3.67. The number of hydrogen-bond donors (Lipinski definition) is 3. The summed E-state index contributed by atoms with van der Waals surface area (Å²) in [5, 5.41) is 9.40. The topological polar surface area (TPSA) is 79.1 Å². The predicted octanol–water partition coefficient (Wildman–Crippen LogP) is 2.33. The second-order valence-corrected chi connectivity index (χ2v) is 4.61. The van der Waals surface area contributed by atoms with Gasteiger partial charge in [-0.15, -0.1) is 0 Å². The summed E-state index contributed by atoms with van der Waals surface area (Å²) in [4.78, 5) is 0. The summed E-state index contributed by atoms with van der Waals surface area (Å²) in [6.07, 6.45) is 11.3. The normalized spacial score (nSPS) is 22.8. The minimum absolute atomic E-state index is 0.635. The van der Waals surface area contributed by atoms with Gasteiger partial charge >= 0.3 is 0 Å². The average Bonchev–Trinajstić information content (AvgIpc) is 2.34. The Morgan fingerprint density at radius 3 is 3.00 bits per heavy atom. The Balaban J connectivity index is 2.30. The Hall–Kier alpha value is -1.81. The third-order valence-corrected chi connectivity index (χ3v) is 3.20. The molecule has 0 saturated carbocycles. The van der Waals surface area contributed by atoms with Gasteiger partial charge in [-0.3, -0.25) is 5.01 Å². The molecule has 96 valence electrons. The van der Waals surface area contributed by atoms with E-state index in [0.29, 0.717) is 5.71 Å². The maximum Gasteiger partial charge on any atom is 0.0618 e. The predicted molar refractivity (Wildman–Crippen MR) is 74.4 cm³/mol.